The molecule has 1 aliphatic carbocycles. The Labute approximate surface area is 300 Å². The summed E-state index contributed by atoms with van der Waals surface area (Å²) < 4.78 is 70.4. The average Bonchev–Trinajstić information content (AvgIpc) is 3.10. The van der Waals surface area contributed by atoms with Crippen molar-refractivity contribution in [3.63, 3.8) is 0 Å². The number of amides is 2. The quantitative estimate of drug-likeness (QED) is 0.158. The van der Waals surface area contributed by atoms with Crippen molar-refractivity contribution in [3.05, 3.63) is 130 Å². The van der Waals surface area contributed by atoms with Crippen LogP contribution in [0.15, 0.2) is 108 Å². The van der Waals surface area contributed by atoms with Crippen molar-refractivity contribution >= 4 is 50.7 Å². The molecule has 50 heavy (non-hydrogen) atoms. The molecule has 2 amide bonds. The average molecular weight is 747 g/mol. The molecule has 1 unspecified atom stereocenters. The molecular weight excluding hydrogens is 710 g/mol. The number of hydrogen-bond donors (Lipinski definition) is 1. The zero-order chi connectivity index (χ0) is 35.9. The lowest BCUT2D eigenvalue weighted by Gasteiger charge is -2.35. The van der Waals surface area contributed by atoms with Crippen LogP contribution in [0.25, 0.3) is 0 Å². The van der Waals surface area contributed by atoms with E-state index in [1.165, 1.54) is 41.3 Å². The van der Waals surface area contributed by atoms with Crippen LogP contribution >= 0.6 is 23.2 Å². The minimum atomic E-state index is -4.78. The van der Waals surface area contributed by atoms with E-state index < -0.39 is 46.2 Å². The smallest absolute Gasteiger partial charge is 0.352 e. The Bertz CT molecular complexity index is 1890. The van der Waals surface area contributed by atoms with Crippen LogP contribution in [-0.2, 0) is 38.8 Å². The van der Waals surface area contributed by atoms with E-state index in [2.05, 4.69) is 5.32 Å². The van der Waals surface area contributed by atoms with E-state index in [1.807, 2.05) is 18.2 Å². The minimum absolute atomic E-state index is 0.0747. The monoisotopic (exact) mass is 745 g/mol. The topological polar surface area (TPSA) is 86.8 Å². The molecular formula is C37H36Cl2F3N3O4S. The SMILES string of the molecule is O=C(NC1CCCCC1)C(Cc1ccccc1)N(Cc1ccc(Cl)cc1Cl)C(=O)CN(c1cccc(C(F)(F)F)c1)S(=O)(=O)c1ccccc1. The van der Waals surface area contributed by atoms with Crippen LogP contribution in [0.2, 0.25) is 10.0 Å². The molecule has 1 N–H and O–H groups in total. The van der Waals surface area contributed by atoms with Gasteiger partial charge in [0, 0.05) is 29.1 Å². The molecule has 0 saturated heterocycles. The summed E-state index contributed by atoms with van der Waals surface area (Å²) in [6, 6.07) is 23.4. The van der Waals surface area contributed by atoms with E-state index in [0.29, 0.717) is 21.0 Å². The van der Waals surface area contributed by atoms with E-state index in [4.69, 9.17) is 23.2 Å². The molecule has 0 radical (unpaired) electrons. The first-order valence-corrected chi connectivity index (χ1v) is 18.4. The number of nitrogens with zero attached hydrogens (tertiary/aromatic N) is 2. The minimum Gasteiger partial charge on any atom is -0.352 e. The van der Waals surface area contributed by atoms with Gasteiger partial charge in [-0.3, -0.25) is 13.9 Å². The third kappa shape index (κ3) is 9.38. The van der Waals surface area contributed by atoms with Crippen LogP contribution in [0.3, 0.4) is 0 Å². The number of halogens is 5. The second kappa shape index (κ2) is 16.3. The van der Waals surface area contributed by atoms with E-state index in [9.17, 15) is 31.2 Å². The number of carbonyl (C=O) groups excluding carboxylic acids is 2. The van der Waals surface area contributed by atoms with Crippen LogP contribution in [0.4, 0.5) is 18.9 Å². The fourth-order valence-electron chi connectivity index (χ4n) is 6.02. The molecule has 1 atom stereocenters. The Morgan fingerprint density at radius 3 is 2.14 bits per heavy atom. The molecule has 1 aliphatic rings. The maximum atomic E-state index is 14.6. The van der Waals surface area contributed by atoms with Crippen LogP contribution in [0, 0.1) is 0 Å². The van der Waals surface area contributed by atoms with Gasteiger partial charge in [-0.05, 0) is 66.4 Å². The molecule has 0 aromatic heterocycles. The first-order valence-electron chi connectivity index (χ1n) is 16.2. The zero-order valence-corrected chi connectivity index (χ0v) is 29.3. The van der Waals surface area contributed by atoms with Gasteiger partial charge in [0.2, 0.25) is 11.8 Å². The maximum Gasteiger partial charge on any atom is 0.416 e. The van der Waals surface area contributed by atoms with Gasteiger partial charge in [0.05, 0.1) is 16.1 Å². The highest BCUT2D eigenvalue weighted by Crippen LogP contribution is 2.34. The lowest BCUT2D eigenvalue weighted by molar-refractivity contribution is -0.140. The summed E-state index contributed by atoms with van der Waals surface area (Å²) in [5.41, 5.74) is -0.283. The molecule has 264 valence electrons. The summed E-state index contributed by atoms with van der Waals surface area (Å²) in [5, 5.41) is 3.67. The van der Waals surface area contributed by atoms with E-state index >= 15 is 0 Å². The van der Waals surface area contributed by atoms with Gasteiger partial charge in [-0.15, -0.1) is 0 Å². The van der Waals surface area contributed by atoms with Gasteiger partial charge in [0.25, 0.3) is 10.0 Å². The number of alkyl halides is 3. The fourth-order valence-corrected chi connectivity index (χ4v) is 7.91. The van der Waals surface area contributed by atoms with Gasteiger partial charge >= 0.3 is 6.18 Å². The van der Waals surface area contributed by atoms with Crippen LogP contribution in [0.5, 0.6) is 0 Å². The molecule has 1 saturated carbocycles. The number of benzene rings is 4. The normalized spacial score (nSPS) is 14.5. The molecule has 4 aromatic rings. The Morgan fingerprint density at radius 2 is 1.50 bits per heavy atom. The Morgan fingerprint density at radius 1 is 0.840 bits per heavy atom. The van der Waals surface area contributed by atoms with Gasteiger partial charge < -0.3 is 10.2 Å². The van der Waals surface area contributed by atoms with Crippen LogP contribution in [-0.4, -0.2) is 43.8 Å². The molecule has 0 bridgehead atoms. The van der Waals surface area contributed by atoms with Crippen molar-refractivity contribution in [2.45, 2.75) is 68.2 Å². The standard InChI is InChI=1S/C37H36Cl2F3N3O4S/c38-29-20-19-27(33(39)23-29)24-44(34(21-26-11-4-1-5-12-26)36(47)43-30-14-6-2-7-15-30)35(46)25-45(50(48,49)32-17-8-3-9-18-32)31-16-10-13-28(22-31)37(40,41)42/h1,3-5,8-13,16-20,22-23,30,34H,2,6-7,14-15,21,24-25H2,(H,43,47). The van der Waals surface area contributed by atoms with E-state index in [1.54, 1.807) is 30.3 Å². The van der Waals surface area contributed by atoms with E-state index in [-0.39, 0.29) is 34.6 Å². The summed E-state index contributed by atoms with van der Waals surface area (Å²) in [6.07, 6.45) is -0.205. The number of anilines is 1. The summed E-state index contributed by atoms with van der Waals surface area (Å²) in [7, 11) is -4.58. The second-order valence-electron chi connectivity index (χ2n) is 12.2. The number of hydrogen-bond acceptors (Lipinski definition) is 4. The largest absolute Gasteiger partial charge is 0.416 e. The highest BCUT2D eigenvalue weighted by Gasteiger charge is 2.37. The molecule has 5 rings (SSSR count). The molecule has 0 spiro atoms. The molecule has 1 fully saturated rings. The van der Waals surface area contributed by atoms with Crippen molar-refractivity contribution in [1.82, 2.24) is 10.2 Å². The predicted octanol–water partition coefficient (Wildman–Crippen LogP) is 8.30. The summed E-state index contributed by atoms with van der Waals surface area (Å²) in [4.78, 5) is 29.9. The lowest BCUT2D eigenvalue weighted by Crippen LogP contribution is -2.55. The first-order chi connectivity index (χ1) is 23.8. The lowest BCUT2D eigenvalue weighted by atomic mass is 9.94. The molecule has 13 heteroatoms. The van der Waals surface area contributed by atoms with Gasteiger partial charge in [0.15, 0.2) is 0 Å². The number of nitrogens with one attached hydrogen (secondary N) is 1. The van der Waals surface area contributed by atoms with Crippen LogP contribution in [0.1, 0.15) is 48.8 Å². The summed E-state index contributed by atoms with van der Waals surface area (Å²) >= 11 is 12.7. The number of carbonyl (C=O) groups is 2. The van der Waals surface area contributed by atoms with Gasteiger partial charge in [0.1, 0.15) is 12.6 Å². The molecule has 0 aliphatic heterocycles. The first kappa shape index (κ1) is 37.2. The highest BCUT2D eigenvalue weighted by atomic mass is 35.5. The van der Waals surface area contributed by atoms with Crippen molar-refractivity contribution < 1.29 is 31.2 Å². The third-order valence-corrected chi connectivity index (χ3v) is 11.0. The molecule has 0 heterocycles. The van der Waals surface area contributed by atoms with Gasteiger partial charge in [-0.2, -0.15) is 13.2 Å². The Hall–Kier alpha value is -4.06. The molecule has 7 nitrogen and oxygen atoms in total. The van der Waals surface area contributed by atoms with Crippen molar-refractivity contribution in [3.8, 4) is 0 Å². The summed E-state index contributed by atoms with van der Waals surface area (Å²) in [5.74, 6) is -1.26. The van der Waals surface area contributed by atoms with Gasteiger partial charge in [-0.25, -0.2) is 8.42 Å². The van der Waals surface area contributed by atoms with Crippen molar-refractivity contribution in [1.29, 1.82) is 0 Å². The highest BCUT2D eigenvalue weighted by molar-refractivity contribution is 7.92. The fraction of sp³-hybridized carbons (Fsp3) is 0.297. The molecule has 4 aromatic carbocycles. The van der Waals surface area contributed by atoms with Crippen molar-refractivity contribution in [2.75, 3.05) is 10.8 Å². The Balaban J connectivity index is 1.60. The number of sulfonamides is 1. The second-order valence-corrected chi connectivity index (χ2v) is 14.9. The Kier molecular flexibility index (Phi) is 12.1. The number of rotatable bonds is 12. The van der Waals surface area contributed by atoms with E-state index in [0.717, 1.165) is 49.8 Å². The maximum absolute atomic E-state index is 14.6. The van der Waals surface area contributed by atoms with Gasteiger partial charge in [-0.1, -0.05) is 103 Å². The summed E-state index contributed by atoms with van der Waals surface area (Å²) in [6.45, 7) is -1.13. The van der Waals surface area contributed by atoms with Crippen molar-refractivity contribution in [2.24, 2.45) is 0 Å². The van der Waals surface area contributed by atoms with Crippen LogP contribution < -0.4 is 9.62 Å². The predicted molar refractivity (Wildman–Crippen MR) is 188 cm³/mol. The zero-order valence-electron chi connectivity index (χ0n) is 27.0. The third-order valence-electron chi connectivity index (χ3n) is 8.65.